The Kier molecular flexibility index (Phi) is 5.53. The summed E-state index contributed by atoms with van der Waals surface area (Å²) in [7, 11) is 1.59. The molecule has 5 atom stereocenters. The fourth-order valence-corrected chi connectivity index (χ4v) is 7.99. The molecule has 2 unspecified atom stereocenters. The van der Waals surface area contributed by atoms with Crippen molar-refractivity contribution in [2.75, 3.05) is 25.5 Å². The van der Waals surface area contributed by atoms with Crippen molar-refractivity contribution in [3.05, 3.63) is 29.3 Å². The molecule has 0 radical (unpaired) electrons. The molecule has 0 saturated carbocycles. The summed E-state index contributed by atoms with van der Waals surface area (Å²) in [4.78, 5) is 41.3. The zero-order chi connectivity index (χ0) is 21.7. The normalized spacial score (nSPS) is 34.2. The highest BCUT2D eigenvalue weighted by Crippen LogP contribution is 2.71. The lowest BCUT2D eigenvalue weighted by molar-refractivity contribution is -0.140. The van der Waals surface area contributed by atoms with Crippen LogP contribution in [-0.4, -0.2) is 63.5 Å². The number of halogens is 1. The van der Waals surface area contributed by atoms with Crippen LogP contribution in [0.25, 0.3) is 0 Å². The summed E-state index contributed by atoms with van der Waals surface area (Å²) in [5, 5.41) is 15.5. The molecule has 3 aliphatic rings. The number of carbonyl (C=O) groups is 3. The molecular weight excluding hydrogens is 426 g/mol. The molecule has 9 heteroatoms. The van der Waals surface area contributed by atoms with Gasteiger partial charge in [0.15, 0.2) is 0 Å². The minimum Gasteiger partial charge on any atom is -0.396 e. The maximum Gasteiger partial charge on any atom is 0.248 e. The third kappa shape index (κ3) is 3.11. The number of fused-ring (bicyclic) bond motifs is 1. The molecule has 2 bridgehead atoms. The fourth-order valence-electron chi connectivity index (χ4n) is 5.51. The molecule has 3 fully saturated rings. The average molecular weight is 452 g/mol. The van der Waals surface area contributed by atoms with Gasteiger partial charge in [0.25, 0.3) is 0 Å². The highest BCUT2D eigenvalue weighted by molar-refractivity contribution is 8.02. The second-order valence-electron chi connectivity index (χ2n) is 8.45. The van der Waals surface area contributed by atoms with Crippen molar-refractivity contribution in [2.45, 2.75) is 41.7 Å². The van der Waals surface area contributed by atoms with Crippen molar-refractivity contribution >= 4 is 46.8 Å². The van der Waals surface area contributed by atoms with E-state index < -0.39 is 22.6 Å². The molecule has 3 N–H and O–H groups in total. The molecule has 1 aromatic rings. The van der Waals surface area contributed by atoms with E-state index in [-0.39, 0.29) is 35.6 Å². The number of aliphatic hydroxyl groups excluding tert-OH is 1. The first-order valence-corrected chi connectivity index (χ1v) is 11.4. The average Bonchev–Trinajstić information content (AvgIpc) is 3.28. The maximum absolute atomic E-state index is 13.5. The summed E-state index contributed by atoms with van der Waals surface area (Å²) in [6.07, 6.45) is 1.86. The number of anilines is 1. The SMILES string of the molecule is CNC(=O)[C@H]1[C@H]2C(=O)N(CCCO)C(C(=O)Nc3ccc(Cl)cc3)C23CC[C@]1(C)S3. The maximum atomic E-state index is 13.5. The van der Waals surface area contributed by atoms with Crippen molar-refractivity contribution in [1.82, 2.24) is 10.2 Å². The Morgan fingerprint density at radius 2 is 1.97 bits per heavy atom. The van der Waals surface area contributed by atoms with Gasteiger partial charge in [0.05, 0.1) is 16.6 Å². The van der Waals surface area contributed by atoms with Crippen molar-refractivity contribution in [3.63, 3.8) is 0 Å². The molecule has 0 aliphatic carbocycles. The zero-order valence-electron chi connectivity index (χ0n) is 17.0. The van der Waals surface area contributed by atoms with E-state index in [9.17, 15) is 19.5 Å². The Bertz CT molecular complexity index is 882. The Balaban J connectivity index is 1.71. The first-order valence-electron chi connectivity index (χ1n) is 10.2. The Hall–Kier alpha value is -1.77. The molecule has 1 aromatic carbocycles. The summed E-state index contributed by atoms with van der Waals surface area (Å²) in [5.41, 5.74) is 0.602. The number of hydrogen-bond acceptors (Lipinski definition) is 5. The number of rotatable bonds is 6. The van der Waals surface area contributed by atoms with E-state index in [2.05, 4.69) is 10.6 Å². The van der Waals surface area contributed by atoms with E-state index in [0.29, 0.717) is 23.6 Å². The molecular formula is C21H26ClN3O4S. The number of aliphatic hydroxyl groups is 1. The summed E-state index contributed by atoms with van der Waals surface area (Å²) >= 11 is 7.57. The topological polar surface area (TPSA) is 98.7 Å². The lowest BCUT2D eigenvalue weighted by Gasteiger charge is -2.34. The van der Waals surface area contributed by atoms with Crippen LogP contribution in [0.15, 0.2) is 24.3 Å². The van der Waals surface area contributed by atoms with E-state index in [1.807, 2.05) is 6.92 Å². The zero-order valence-corrected chi connectivity index (χ0v) is 18.6. The Labute approximate surface area is 184 Å². The molecule has 3 amide bonds. The van der Waals surface area contributed by atoms with Gasteiger partial charge in [-0.1, -0.05) is 11.6 Å². The number of nitrogens with zero attached hydrogens (tertiary/aromatic N) is 1. The van der Waals surface area contributed by atoms with Gasteiger partial charge < -0.3 is 20.6 Å². The molecule has 7 nitrogen and oxygen atoms in total. The smallest absolute Gasteiger partial charge is 0.248 e. The van der Waals surface area contributed by atoms with Crippen LogP contribution in [0.5, 0.6) is 0 Å². The van der Waals surface area contributed by atoms with Crippen LogP contribution in [0.4, 0.5) is 5.69 Å². The minimum absolute atomic E-state index is 0.0727. The van der Waals surface area contributed by atoms with Crippen LogP contribution in [0, 0.1) is 11.8 Å². The van der Waals surface area contributed by atoms with Gasteiger partial charge in [-0.25, -0.2) is 0 Å². The fraction of sp³-hybridized carbons (Fsp3) is 0.571. The number of likely N-dealkylation sites (tertiary alicyclic amines) is 1. The van der Waals surface area contributed by atoms with Gasteiger partial charge in [0, 0.05) is 35.7 Å². The first-order chi connectivity index (χ1) is 14.3. The van der Waals surface area contributed by atoms with Crippen LogP contribution < -0.4 is 10.6 Å². The molecule has 3 saturated heterocycles. The molecule has 3 heterocycles. The molecule has 1 spiro atoms. The van der Waals surface area contributed by atoms with E-state index in [0.717, 1.165) is 6.42 Å². The van der Waals surface area contributed by atoms with Crippen LogP contribution >= 0.6 is 23.4 Å². The largest absolute Gasteiger partial charge is 0.396 e. The lowest BCUT2D eigenvalue weighted by Crippen LogP contribution is -2.52. The van der Waals surface area contributed by atoms with Gasteiger partial charge in [-0.05, 0) is 50.5 Å². The Morgan fingerprint density at radius 3 is 2.60 bits per heavy atom. The lowest BCUT2D eigenvalue weighted by atomic mass is 9.66. The van der Waals surface area contributed by atoms with Gasteiger partial charge >= 0.3 is 0 Å². The standard InChI is InChI=1S/C21H26ClN3O4S/c1-20-8-9-21(30-20)15(14(20)17(27)23-2)19(29)25(10-3-11-26)16(21)18(28)24-13-6-4-12(22)5-7-13/h4-7,14-16,26H,3,8-11H2,1-2H3,(H,23,27)(H,24,28)/t14-,15+,16?,20+,21?/m1/s1. The van der Waals surface area contributed by atoms with Gasteiger partial charge in [-0.2, -0.15) is 0 Å². The monoisotopic (exact) mass is 451 g/mol. The number of carbonyl (C=O) groups excluding carboxylic acids is 3. The third-order valence-electron chi connectivity index (χ3n) is 6.72. The van der Waals surface area contributed by atoms with Crippen LogP contribution in [0.3, 0.4) is 0 Å². The number of benzene rings is 1. The van der Waals surface area contributed by atoms with Crippen molar-refractivity contribution in [2.24, 2.45) is 11.8 Å². The van der Waals surface area contributed by atoms with Gasteiger partial charge in [0.1, 0.15) is 6.04 Å². The molecule has 162 valence electrons. The predicted molar refractivity (Wildman–Crippen MR) is 116 cm³/mol. The van der Waals surface area contributed by atoms with Crippen molar-refractivity contribution in [3.8, 4) is 0 Å². The van der Waals surface area contributed by atoms with Gasteiger partial charge in [-0.3, -0.25) is 14.4 Å². The summed E-state index contributed by atoms with van der Waals surface area (Å²) in [6, 6.07) is 6.13. The van der Waals surface area contributed by atoms with E-state index >= 15 is 0 Å². The van der Waals surface area contributed by atoms with Crippen molar-refractivity contribution < 1.29 is 19.5 Å². The van der Waals surface area contributed by atoms with Crippen LogP contribution in [-0.2, 0) is 14.4 Å². The quantitative estimate of drug-likeness (QED) is 0.613. The number of hydrogen-bond donors (Lipinski definition) is 3. The first kappa shape index (κ1) is 21.5. The van der Waals surface area contributed by atoms with Gasteiger partial charge in [0.2, 0.25) is 17.7 Å². The van der Waals surface area contributed by atoms with E-state index in [1.165, 1.54) is 0 Å². The number of amides is 3. The van der Waals surface area contributed by atoms with Crippen molar-refractivity contribution in [1.29, 1.82) is 0 Å². The molecule has 30 heavy (non-hydrogen) atoms. The second kappa shape index (κ2) is 7.73. The molecule has 0 aromatic heterocycles. The van der Waals surface area contributed by atoms with Gasteiger partial charge in [-0.15, -0.1) is 11.8 Å². The molecule has 4 rings (SSSR count). The van der Waals surface area contributed by atoms with E-state index in [4.69, 9.17) is 11.6 Å². The highest BCUT2D eigenvalue weighted by atomic mass is 35.5. The Morgan fingerprint density at radius 1 is 1.27 bits per heavy atom. The summed E-state index contributed by atoms with van der Waals surface area (Å²) < 4.78 is -1.02. The minimum atomic E-state index is -0.696. The predicted octanol–water partition coefficient (Wildman–Crippen LogP) is 1.89. The molecule has 3 aliphatic heterocycles. The summed E-state index contributed by atoms with van der Waals surface area (Å²) in [5.74, 6) is -1.59. The number of thioether (sulfide) groups is 1. The van der Waals surface area contributed by atoms with Crippen LogP contribution in [0.2, 0.25) is 5.02 Å². The third-order valence-corrected chi connectivity index (χ3v) is 8.96. The van der Waals surface area contributed by atoms with E-state index in [1.54, 1.807) is 48.0 Å². The highest BCUT2D eigenvalue weighted by Gasteiger charge is 2.76. The number of nitrogens with one attached hydrogen (secondary N) is 2. The summed E-state index contributed by atoms with van der Waals surface area (Å²) in [6.45, 7) is 2.24. The second-order valence-corrected chi connectivity index (χ2v) is 10.8. The van der Waals surface area contributed by atoms with Crippen LogP contribution in [0.1, 0.15) is 26.2 Å².